The van der Waals surface area contributed by atoms with Gasteiger partial charge in [-0.3, -0.25) is 9.59 Å². The second kappa shape index (κ2) is 13.1. The lowest BCUT2D eigenvalue weighted by Gasteiger charge is -2.37. The van der Waals surface area contributed by atoms with E-state index >= 15 is 0 Å². The van der Waals surface area contributed by atoms with Crippen LogP contribution in [-0.4, -0.2) is 61.6 Å². The van der Waals surface area contributed by atoms with Gasteiger partial charge in [-0.1, -0.05) is 35.9 Å². The fourth-order valence-electron chi connectivity index (χ4n) is 4.67. The molecule has 1 aliphatic rings. The van der Waals surface area contributed by atoms with Crippen LogP contribution in [-0.2, 0) is 27.2 Å². The summed E-state index contributed by atoms with van der Waals surface area (Å²) in [4.78, 5) is 32.0. The van der Waals surface area contributed by atoms with Crippen LogP contribution in [0.1, 0.15) is 41.0 Å². The molecule has 6 nitrogen and oxygen atoms in total. The number of hydrogen-bond acceptors (Lipinski definition) is 5. The smallest absolute Gasteiger partial charge is 0.242 e. The number of rotatable bonds is 11. The van der Waals surface area contributed by atoms with E-state index < -0.39 is 0 Å². The Bertz CT molecular complexity index is 1180. The molecular formula is C29H33ClN2O4S. The number of thiophene rings is 1. The zero-order chi connectivity index (χ0) is 26.2. The molecule has 0 fully saturated rings. The van der Waals surface area contributed by atoms with Crippen LogP contribution in [0.25, 0.3) is 0 Å². The third-order valence-electron chi connectivity index (χ3n) is 6.59. The maximum absolute atomic E-state index is 13.8. The first kappa shape index (κ1) is 27.2. The third kappa shape index (κ3) is 6.92. The molecule has 1 atom stereocenters. The van der Waals surface area contributed by atoms with Gasteiger partial charge in [0.1, 0.15) is 5.75 Å². The normalized spacial score (nSPS) is 14.8. The number of hydrogen-bond donors (Lipinski definition) is 0. The maximum Gasteiger partial charge on any atom is 0.242 e. The summed E-state index contributed by atoms with van der Waals surface area (Å²) in [6.07, 6.45) is 1.71. The highest BCUT2D eigenvalue weighted by Crippen LogP contribution is 2.38. The van der Waals surface area contributed by atoms with Crippen LogP contribution < -0.4 is 4.74 Å². The Morgan fingerprint density at radius 1 is 1.11 bits per heavy atom. The molecule has 8 heteroatoms. The van der Waals surface area contributed by atoms with Crippen LogP contribution in [0.2, 0.25) is 5.02 Å². The number of benzene rings is 2. The number of halogens is 1. The lowest BCUT2D eigenvalue weighted by molar-refractivity contribution is -0.141. The van der Waals surface area contributed by atoms with Gasteiger partial charge in [0.15, 0.2) is 0 Å². The van der Waals surface area contributed by atoms with Gasteiger partial charge in [-0.15, -0.1) is 11.3 Å². The standard InChI is InChI=1S/C29H33ClN2O4S/c1-3-36-17-4-15-31(27(33)19-21-5-11-24(35-2)12-6-21)20-28(34)32-16-13-26-25(14-18-37-26)29(32)22-7-9-23(30)10-8-22/h5-12,14,18,29H,3-4,13,15-17,19-20H2,1-2H3. The molecule has 0 saturated heterocycles. The summed E-state index contributed by atoms with van der Waals surface area (Å²) >= 11 is 7.87. The Kier molecular flexibility index (Phi) is 9.61. The van der Waals surface area contributed by atoms with E-state index in [0.29, 0.717) is 37.7 Å². The number of fused-ring (bicyclic) bond motifs is 1. The number of amides is 2. The fraction of sp³-hybridized carbons (Fsp3) is 0.379. The average molecular weight is 541 g/mol. The summed E-state index contributed by atoms with van der Waals surface area (Å²) < 4.78 is 10.7. The van der Waals surface area contributed by atoms with Crippen LogP contribution in [0, 0.1) is 0 Å². The highest BCUT2D eigenvalue weighted by molar-refractivity contribution is 7.10. The van der Waals surface area contributed by atoms with Crippen LogP contribution in [0.15, 0.2) is 60.0 Å². The molecule has 1 aliphatic heterocycles. The predicted molar refractivity (Wildman–Crippen MR) is 147 cm³/mol. The van der Waals surface area contributed by atoms with Gasteiger partial charge in [0.05, 0.1) is 26.1 Å². The monoisotopic (exact) mass is 540 g/mol. The van der Waals surface area contributed by atoms with E-state index in [1.165, 1.54) is 4.88 Å². The number of ether oxygens (including phenoxy) is 2. The van der Waals surface area contributed by atoms with Crippen LogP contribution in [0.3, 0.4) is 0 Å². The molecule has 0 N–H and O–H groups in total. The van der Waals surface area contributed by atoms with Crippen molar-refractivity contribution in [2.75, 3.05) is 40.0 Å². The molecule has 0 spiro atoms. The minimum Gasteiger partial charge on any atom is -0.497 e. The van der Waals surface area contributed by atoms with E-state index in [1.807, 2.05) is 60.4 Å². The van der Waals surface area contributed by atoms with Crippen LogP contribution >= 0.6 is 22.9 Å². The van der Waals surface area contributed by atoms with Crippen molar-refractivity contribution >= 4 is 34.8 Å². The number of methoxy groups -OCH3 is 1. The van der Waals surface area contributed by atoms with Crippen molar-refractivity contribution < 1.29 is 19.1 Å². The molecular weight excluding hydrogens is 508 g/mol. The molecule has 196 valence electrons. The molecule has 2 heterocycles. The summed E-state index contributed by atoms with van der Waals surface area (Å²) in [6, 6.07) is 17.0. The summed E-state index contributed by atoms with van der Waals surface area (Å²) in [5, 5.41) is 2.74. The number of nitrogens with zero attached hydrogens (tertiary/aromatic N) is 2. The molecule has 4 rings (SSSR count). The fourth-order valence-corrected chi connectivity index (χ4v) is 5.70. The Hall–Kier alpha value is -2.87. The van der Waals surface area contributed by atoms with E-state index in [0.717, 1.165) is 28.9 Å². The lowest BCUT2D eigenvalue weighted by atomic mass is 9.93. The molecule has 0 aliphatic carbocycles. The highest BCUT2D eigenvalue weighted by Gasteiger charge is 2.34. The van der Waals surface area contributed by atoms with Gasteiger partial charge >= 0.3 is 0 Å². The van der Waals surface area contributed by atoms with E-state index in [9.17, 15) is 9.59 Å². The van der Waals surface area contributed by atoms with Crippen LogP contribution in [0.4, 0.5) is 0 Å². The van der Waals surface area contributed by atoms with Crippen molar-refractivity contribution in [3.63, 3.8) is 0 Å². The van der Waals surface area contributed by atoms with Gasteiger partial charge in [0.2, 0.25) is 11.8 Å². The molecule has 3 aromatic rings. The van der Waals surface area contributed by atoms with Gasteiger partial charge in [0.25, 0.3) is 0 Å². The zero-order valence-corrected chi connectivity index (χ0v) is 22.9. The molecule has 0 saturated carbocycles. The Morgan fingerprint density at radius 3 is 2.57 bits per heavy atom. The molecule has 37 heavy (non-hydrogen) atoms. The van der Waals surface area contributed by atoms with Crippen molar-refractivity contribution in [3.8, 4) is 5.75 Å². The van der Waals surface area contributed by atoms with E-state index in [-0.39, 0.29) is 30.8 Å². The lowest BCUT2D eigenvalue weighted by Crippen LogP contribution is -2.47. The first-order chi connectivity index (χ1) is 18.0. The third-order valence-corrected chi connectivity index (χ3v) is 7.83. The Balaban J connectivity index is 1.53. The van der Waals surface area contributed by atoms with Gasteiger partial charge in [-0.25, -0.2) is 0 Å². The molecule has 1 unspecified atom stereocenters. The predicted octanol–water partition coefficient (Wildman–Crippen LogP) is 5.38. The largest absolute Gasteiger partial charge is 0.497 e. The summed E-state index contributed by atoms with van der Waals surface area (Å²) in [5.41, 5.74) is 3.05. The van der Waals surface area contributed by atoms with E-state index in [2.05, 4.69) is 11.4 Å². The Morgan fingerprint density at radius 2 is 1.86 bits per heavy atom. The van der Waals surface area contributed by atoms with Crippen molar-refractivity contribution in [3.05, 3.63) is 86.6 Å². The van der Waals surface area contributed by atoms with Crippen molar-refractivity contribution in [1.82, 2.24) is 9.80 Å². The SMILES string of the molecule is CCOCCCN(CC(=O)N1CCc2sccc2C1c1ccc(Cl)cc1)C(=O)Cc1ccc(OC)cc1. The molecule has 2 amide bonds. The zero-order valence-electron chi connectivity index (χ0n) is 21.3. The molecule has 0 radical (unpaired) electrons. The second-order valence-corrected chi connectivity index (χ2v) is 10.4. The number of carbonyl (C=O) groups excluding carboxylic acids is 2. The van der Waals surface area contributed by atoms with Crippen LogP contribution in [0.5, 0.6) is 5.75 Å². The first-order valence-electron chi connectivity index (χ1n) is 12.6. The maximum atomic E-state index is 13.8. The van der Waals surface area contributed by atoms with Gasteiger partial charge in [0, 0.05) is 36.2 Å². The van der Waals surface area contributed by atoms with Gasteiger partial charge in [-0.05, 0) is 72.2 Å². The van der Waals surface area contributed by atoms with Gasteiger partial charge in [-0.2, -0.15) is 0 Å². The number of carbonyl (C=O) groups is 2. The molecule has 2 aromatic carbocycles. The first-order valence-corrected chi connectivity index (χ1v) is 13.9. The van der Waals surface area contributed by atoms with Gasteiger partial charge < -0.3 is 19.3 Å². The summed E-state index contributed by atoms with van der Waals surface area (Å²) in [7, 11) is 1.61. The minimum absolute atomic E-state index is 0.0324. The quantitative estimate of drug-likeness (QED) is 0.306. The summed E-state index contributed by atoms with van der Waals surface area (Å²) in [6.45, 7) is 4.22. The topological polar surface area (TPSA) is 59.1 Å². The molecule has 0 bridgehead atoms. The Labute approximate surface area is 227 Å². The van der Waals surface area contributed by atoms with Crippen molar-refractivity contribution in [2.24, 2.45) is 0 Å². The molecule has 1 aromatic heterocycles. The van der Waals surface area contributed by atoms with E-state index in [4.69, 9.17) is 21.1 Å². The van der Waals surface area contributed by atoms with Crippen molar-refractivity contribution in [1.29, 1.82) is 0 Å². The summed E-state index contributed by atoms with van der Waals surface area (Å²) in [5.74, 6) is 0.605. The van der Waals surface area contributed by atoms with E-state index in [1.54, 1.807) is 23.3 Å². The minimum atomic E-state index is -0.193. The average Bonchev–Trinajstić information content (AvgIpc) is 3.40. The van der Waals surface area contributed by atoms with Crippen molar-refractivity contribution in [2.45, 2.75) is 32.2 Å². The second-order valence-electron chi connectivity index (χ2n) is 8.98. The highest BCUT2D eigenvalue weighted by atomic mass is 35.5.